The zero-order valence-corrected chi connectivity index (χ0v) is 17.1. The number of benzene rings is 2. The summed E-state index contributed by atoms with van der Waals surface area (Å²) in [6, 6.07) is 17.3. The minimum atomic E-state index is -0.195. The van der Waals surface area contributed by atoms with Gasteiger partial charge in [-0.15, -0.1) is 11.3 Å². The van der Waals surface area contributed by atoms with Crippen molar-refractivity contribution in [3.8, 4) is 17.0 Å². The van der Waals surface area contributed by atoms with Crippen LogP contribution in [0.2, 0.25) is 0 Å². The molecule has 2 heterocycles. The molecule has 0 atom stereocenters. The number of fused-ring (bicyclic) bond motifs is 1. The lowest BCUT2D eigenvalue weighted by Gasteiger charge is -2.05. The number of carbonyl (C=O) groups is 1. The van der Waals surface area contributed by atoms with Crippen molar-refractivity contribution in [2.75, 3.05) is 11.9 Å². The van der Waals surface area contributed by atoms with E-state index in [9.17, 15) is 4.79 Å². The highest BCUT2D eigenvalue weighted by atomic mass is 32.1. The number of aromatic nitrogens is 2. The van der Waals surface area contributed by atoms with Gasteiger partial charge in [-0.05, 0) is 55.8 Å². The van der Waals surface area contributed by atoms with Gasteiger partial charge in [-0.25, -0.2) is 4.98 Å². The molecule has 2 aromatic heterocycles. The number of pyridine rings is 1. The van der Waals surface area contributed by atoms with Gasteiger partial charge < -0.3 is 4.74 Å². The normalized spacial score (nSPS) is 10.8. The van der Waals surface area contributed by atoms with Crippen molar-refractivity contribution in [1.29, 1.82) is 0 Å². The van der Waals surface area contributed by atoms with E-state index in [1.54, 1.807) is 12.1 Å². The first-order valence-electron chi connectivity index (χ1n) is 9.50. The number of carbonyl (C=O) groups excluding carboxylic acids is 1. The number of thiazole rings is 1. The largest absolute Gasteiger partial charge is 0.494 e. The molecule has 2 aromatic carbocycles. The van der Waals surface area contributed by atoms with Gasteiger partial charge >= 0.3 is 0 Å². The summed E-state index contributed by atoms with van der Waals surface area (Å²) in [6.07, 6.45) is 0.976. The molecule has 0 bridgehead atoms. The molecule has 0 radical (unpaired) electrons. The molecule has 1 N–H and O–H groups in total. The molecule has 146 valence electrons. The minimum Gasteiger partial charge on any atom is -0.494 e. The molecule has 0 aliphatic rings. The third-order valence-corrected chi connectivity index (χ3v) is 5.20. The van der Waals surface area contributed by atoms with Gasteiger partial charge in [-0.3, -0.25) is 15.1 Å². The predicted molar refractivity (Wildman–Crippen MR) is 118 cm³/mol. The van der Waals surface area contributed by atoms with Crippen LogP contribution in [0.1, 0.15) is 29.4 Å². The highest BCUT2D eigenvalue weighted by Crippen LogP contribution is 2.27. The van der Waals surface area contributed by atoms with Crippen LogP contribution in [-0.2, 0) is 0 Å². The molecule has 6 heteroatoms. The summed E-state index contributed by atoms with van der Waals surface area (Å²) in [4.78, 5) is 21.7. The molecule has 4 rings (SSSR count). The Kier molecular flexibility index (Phi) is 5.53. The Morgan fingerprint density at radius 3 is 2.66 bits per heavy atom. The Balaban J connectivity index is 1.48. The van der Waals surface area contributed by atoms with E-state index in [1.807, 2.05) is 54.8 Å². The summed E-state index contributed by atoms with van der Waals surface area (Å²) in [5.74, 6) is 0.652. The van der Waals surface area contributed by atoms with Crippen LogP contribution in [0.3, 0.4) is 0 Å². The molecule has 4 aromatic rings. The number of hydrogen-bond acceptors (Lipinski definition) is 5. The van der Waals surface area contributed by atoms with Crippen LogP contribution in [-0.4, -0.2) is 22.5 Å². The maximum Gasteiger partial charge on any atom is 0.257 e. The summed E-state index contributed by atoms with van der Waals surface area (Å²) < 4.78 is 5.61. The second kappa shape index (κ2) is 8.41. The third-order valence-electron chi connectivity index (χ3n) is 4.44. The average molecular weight is 404 g/mol. The van der Waals surface area contributed by atoms with Crippen molar-refractivity contribution in [2.45, 2.75) is 20.3 Å². The van der Waals surface area contributed by atoms with Crippen molar-refractivity contribution < 1.29 is 9.53 Å². The molecule has 1 amide bonds. The molecular weight excluding hydrogens is 382 g/mol. The first-order valence-corrected chi connectivity index (χ1v) is 10.4. The Hall–Kier alpha value is -3.25. The second-order valence-corrected chi connectivity index (χ2v) is 7.58. The van der Waals surface area contributed by atoms with Crippen LogP contribution in [0.4, 0.5) is 5.13 Å². The van der Waals surface area contributed by atoms with E-state index in [0.717, 1.165) is 40.0 Å². The lowest BCUT2D eigenvalue weighted by Crippen LogP contribution is -2.11. The van der Waals surface area contributed by atoms with Crippen LogP contribution >= 0.6 is 11.3 Å². The zero-order chi connectivity index (χ0) is 20.2. The predicted octanol–water partition coefficient (Wildman–Crippen LogP) is 5.71. The quantitative estimate of drug-likeness (QED) is 0.448. The van der Waals surface area contributed by atoms with E-state index in [-0.39, 0.29) is 5.91 Å². The summed E-state index contributed by atoms with van der Waals surface area (Å²) >= 11 is 1.40. The number of nitrogens with zero attached hydrogens (tertiary/aromatic N) is 2. The third kappa shape index (κ3) is 4.43. The molecule has 5 nitrogen and oxygen atoms in total. The topological polar surface area (TPSA) is 64.1 Å². The first kappa shape index (κ1) is 19.1. The fraction of sp³-hybridized carbons (Fsp3) is 0.174. The van der Waals surface area contributed by atoms with Crippen molar-refractivity contribution in [3.63, 3.8) is 0 Å². The number of anilines is 1. The van der Waals surface area contributed by atoms with E-state index < -0.39 is 0 Å². The smallest absolute Gasteiger partial charge is 0.257 e. The average Bonchev–Trinajstić information content (AvgIpc) is 3.20. The summed E-state index contributed by atoms with van der Waals surface area (Å²) in [5, 5.41) is 6.39. The lowest BCUT2D eigenvalue weighted by molar-refractivity contribution is 0.102. The Morgan fingerprint density at radius 2 is 1.86 bits per heavy atom. The van der Waals surface area contributed by atoms with Crippen LogP contribution in [0, 0.1) is 6.92 Å². The molecule has 0 unspecified atom stereocenters. The number of rotatable bonds is 6. The van der Waals surface area contributed by atoms with Crippen LogP contribution in [0.5, 0.6) is 5.75 Å². The van der Waals surface area contributed by atoms with Gasteiger partial charge in [0.25, 0.3) is 5.91 Å². The molecule has 0 spiro atoms. The van der Waals surface area contributed by atoms with Gasteiger partial charge in [0.1, 0.15) is 5.75 Å². The van der Waals surface area contributed by atoms with E-state index in [0.29, 0.717) is 17.3 Å². The SMILES string of the molecule is CCCOc1ccc(-c2csc(NC(=O)c3ccc4ccc(C)nc4c3)n2)cc1. The molecule has 0 fully saturated rings. The molecule has 29 heavy (non-hydrogen) atoms. The second-order valence-electron chi connectivity index (χ2n) is 6.72. The molecule has 0 aliphatic carbocycles. The zero-order valence-electron chi connectivity index (χ0n) is 16.3. The Bertz CT molecular complexity index is 1150. The van der Waals surface area contributed by atoms with Crippen molar-refractivity contribution in [3.05, 3.63) is 71.2 Å². The number of nitrogens with one attached hydrogen (secondary N) is 1. The highest BCUT2D eigenvalue weighted by molar-refractivity contribution is 7.14. The van der Waals surface area contributed by atoms with Gasteiger partial charge in [0.05, 0.1) is 17.8 Å². The monoisotopic (exact) mass is 403 g/mol. The van der Waals surface area contributed by atoms with Gasteiger partial charge in [0, 0.05) is 27.6 Å². The number of hydrogen-bond donors (Lipinski definition) is 1. The van der Waals surface area contributed by atoms with Gasteiger partial charge in [0.15, 0.2) is 5.13 Å². The minimum absolute atomic E-state index is 0.195. The molecular formula is C23H21N3O2S. The summed E-state index contributed by atoms with van der Waals surface area (Å²) in [6.45, 7) is 4.72. The number of ether oxygens (including phenoxy) is 1. The fourth-order valence-electron chi connectivity index (χ4n) is 2.94. The Labute approximate surface area is 173 Å². The van der Waals surface area contributed by atoms with E-state index in [1.165, 1.54) is 11.3 Å². The number of aryl methyl sites for hydroxylation is 1. The maximum atomic E-state index is 12.6. The van der Waals surface area contributed by atoms with Crippen molar-refractivity contribution in [2.24, 2.45) is 0 Å². The van der Waals surface area contributed by atoms with Crippen LogP contribution in [0.15, 0.2) is 60.0 Å². The highest BCUT2D eigenvalue weighted by Gasteiger charge is 2.11. The van der Waals surface area contributed by atoms with E-state index in [4.69, 9.17) is 4.74 Å². The fourth-order valence-corrected chi connectivity index (χ4v) is 3.65. The van der Waals surface area contributed by atoms with E-state index >= 15 is 0 Å². The molecule has 0 saturated carbocycles. The number of amides is 1. The first-order chi connectivity index (χ1) is 14.1. The van der Waals surface area contributed by atoms with Gasteiger partial charge in [-0.1, -0.05) is 19.1 Å². The van der Waals surface area contributed by atoms with Crippen LogP contribution < -0.4 is 10.1 Å². The Morgan fingerprint density at radius 1 is 1.07 bits per heavy atom. The maximum absolute atomic E-state index is 12.6. The summed E-state index contributed by atoms with van der Waals surface area (Å²) in [7, 11) is 0. The van der Waals surface area contributed by atoms with Gasteiger partial charge in [-0.2, -0.15) is 0 Å². The van der Waals surface area contributed by atoms with Gasteiger partial charge in [0.2, 0.25) is 0 Å². The molecule has 0 saturated heterocycles. The van der Waals surface area contributed by atoms with Crippen molar-refractivity contribution >= 4 is 33.3 Å². The van der Waals surface area contributed by atoms with E-state index in [2.05, 4.69) is 22.2 Å². The standard InChI is InChI=1S/C23H21N3O2S/c1-3-12-28-19-10-8-17(9-11-19)21-14-29-23(25-21)26-22(27)18-7-6-16-5-4-15(2)24-20(16)13-18/h4-11,13-14H,3,12H2,1-2H3,(H,25,26,27). The van der Waals surface area contributed by atoms with Crippen LogP contribution in [0.25, 0.3) is 22.2 Å². The lowest BCUT2D eigenvalue weighted by atomic mass is 10.1. The summed E-state index contributed by atoms with van der Waals surface area (Å²) in [5.41, 5.74) is 4.09. The van der Waals surface area contributed by atoms with Crippen molar-refractivity contribution in [1.82, 2.24) is 9.97 Å². The molecule has 0 aliphatic heterocycles.